The van der Waals surface area contributed by atoms with E-state index in [0.717, 1.165) is 28.1 Å². The molecular formula is C35H40FN3O4. The summed E-state index contributed by atoms with van der Waals surface area (Å²) in [4.78, 5) is 26.0. The van der Waals surface area contributed by atoms with Gasteiger partial charge in [0, 0.05) is 30.0 Å². The molecule has 0 fully saturated rings. The van der Waals surface area contributed by atoms with Crippen LogP contribution in [0.3, 0.4) is 0 Å². The van der Waals surface area contributed by atoms with Gasteiger partial charge in [-0.1, -0.05) is 62.4 Å². The second kappa shape index (κ2) is 14.8. The van der Waals surface area contributed by atoms with Gasteiger partial charge in [0.2, 0.25) is 5.91 Å². The Labute approximate surface area is 252 Å². The molecule has 0 aliphatic carbocycles. The van der Waals surface area contributed by atoms with Gasteiger partial charge in [0.05, 0.1) is 29.9 Å². The molecule has 226 valence electrons. The summed E-state index contributed by atoms with van der Waals surface area (Å²) in [6.07, 6.45) is -1.67. The molecule has 0 aliphatic heterocycles. The highest BCUT2D eigenvalue weighted by Crippen LogP contribution is 2.42. The number of rotatable bonds is 13. The highest BCUT2D eigenvalue weighted by atomic mass is 19.1. The van der Waals surface area contributed by atoms with E-state index in [0.29, 0.717) is 24.3 Å². The zero-order valence-corrected chi connectivity index (χ0v) is 24.9. The Morgan fingerprint density at radius 2 is 1.49 bits per heavy atom. The SMILES string of the molecule is CCNC(=O)C[C@H](O)C[C@H](O)CCn1c(-c2ccc(F)cc2)c(-c2ccccc2)c(C(=O)Nc2ccccc2)c1C(C)C. The molecule has 0 unspecified atom stereocenters. The van der Waals surface area contributed by atoms with Crippen molar-refractivity contribution in [3.05, 3.63) is 102 Å². The van der Waals surface area contributed by atoms with E-state index in [1.807, 2.05) is 79.1 Å². The van der Waals surface area contributed by atoms with Crippen LogP contribution < -0.4 is 10.6 Å². The van der Waals surface area contributed by atoms with Gasteiger partial charge in [-0.3, -0.25) is 9.59 Å². The molecule has 3 aromatic carbocycles. The minimum absolute atomic E-state index is 0.0359. The van der Waals surface area contributed by atoms with E-state index in [4.69, 9.17) is 0 Å². The summed E-state index contributed by atoms with van der Waals surface area (Å²) in [5.41, 5.74) is 4.97. The number of anilines is 1. The zero-order chi connectivity index (χ0) is 30.9. The number of hydrogen-bond donors (Lipinski definition) is 4. The van der Waals surface area contributed by atoms with Crippen LogP contribution >= 0.6 is 0 Å². The van der Waals surface area contributed by atoms with Crippen LogP contribution in [-0.4, -0.2) is 45.3 Å². The van der Waals surface area contributed by atoms with Gasteiger partial charge >= 0.3 is 0 Å². The maximum atomic E-state index is 14.1. The van der Waals surface area contributed by atoms with Crippen LogP contribution in [0.25, 0.3) is 22.4 Å². The number of nitrogens with one attached hydrogen (secondary N) is 2. The van der Waals surface area contributed by atoms with E-state index in [-0.39, 0.29) is 42.8 Å². The fraction of sp³-hybridized carbons (Fsp3) is 0.314. The lowest BCUT2D eigenvalue weighted by Crippen LogP contribution is -2.29. The van der Waals surface area contributed by atoms with E-state index in [1.165, 1.54) is 12.1 Å². The second-order valence-corrected chi connectivity index (χ2v) is 11.0. The molecular weight excluding hydrogens is 545 g/mol. The molecule has 2 amide bonds. The van der Waals surface area contributed by atoms with Crippen LogP contribution in [0, 0.1) is 5.82 Å². The maximum absolute atomic E-state index is 14.1. The number of halogens is 1. The number of carbonyl (C=O) groups excluding carboxylic acids is 2. The fourth-order valence-electron chi connectivity index (χ4n) is 5.48. The number of para-hydroxylation sites is 1. The van der Waals surface area contributed by atoms with Crippen molar-refractivity contribution in [2.75, 3.05) is 11.9 Å². The topological polar surface area (TPSA) is 104 Å². The monoisotopic (exact) mass is 585 g/mol. The lowest BCUT2D eigenvalue weighted by molar-refractivity contribution is -0.123. The number of carbonyl (C=O) groups is 2. The van der Waals surface area contributed by atoms with Crippen molar-refractivity contribution in [1.82, 2.24) is 9.88 Å². The zero-order valence-electron chi connectivity index (χ0n) is 24.9. The first-order valence-electron chi connectivity index (χ1n) is 14.8. The summed E-state index contributed by atoms with van der Waals surface area (Å²) in [5.74, 6) is -0.997. The van der Waals surface area contributed by atoms with Gasteiger partial charge in [0.15, 0.2) is 0 Å². The van der Waals surface area contributed by atoms with Crippen LogP contribution in [0.5, 0.6) is 0 Å². The summed E-state index contributed by atoms with van der Waals surface area (Å²) < 4.78 is 16.1. The van der Waals surface area contributed by atoms with Gasteiger partial charge < -0.3 is 25.4 Å². The average Bonchev–Trinajstić information content (AvgIpc) is 3.33. The summed E-state index contributed by atoms with van der Waals surface area (Å²) in [5, 5.41) is 27.0. The molecule has 2 atom stereocenters. The molecule has 1 heterocycles. The Kier molecular flexibility index (Phi) is 10.9. The number of hydrogen-bond acceptors (Lipinski definition) is 4. The molecule has 8 heteroatoms. The number of nitrogens with zero attached hydrogens (tertiary/aromatic N) is 1. The van der Waals surface area contributed by atoms with Crippen molar-refractivity contribution in [3.8, 4) is 22.4 Å². The number of aromatic nitrogens is 1. The molecule has 43 heavy (non-hydrogen) atoms. The van der Waals surface area contributed by atoms with E-state index in [2.05, 4.69) is 10.6 Å². The molecule has 7 nitrogen and oxygen atoms in total. The number of benzene rings is 3. The van der Waals surface area contributed by atoms with Gasteiger partial charge in [0.25, 0.3) is 5.91 Å². The Morgan fingerprint density at radius 1 is 0.860 bits per heavy atom. The van der Waals surface area contributed by atoms with E-state index < -0.39 is 12.2 Å². The highest BCUT2D eigenvalue weighted by molar-refractivity contribution is 6.12. The predicted molar refractivity (Wildman–Crippen MR) is 168 cm³/mol. The van der Waals surface area contributed by atoms with Crippen molar-refractivity contribution in [2.45, 2.75) is 64.7 Å². The summed E-state index contributed by atoms with van der Waals surface area (Å²) in [7, 11) is 0. The highest BCUT2D eigenvalue weighted by Gasteiger charge is 2.31. The minimum atomic E-state index is -0.987. The smallest absolute Gasteiger partial charge is 0.258 e. The van der Waals surface area contributed by atoms with Gasteiger partial charge in [-0.2, -0.15) is 0 Å². The first kappa shape index (κ1) is 31.7. The van der Waals surface area contributed by atoms with Crippen molar-refractivity contribution in [1.29, 1.82) is 0 Å². The molecule has 0 bridgehead atoms. The molecule has 0 radical (unpaired) electrons. The van der Waals surface area contributed by atoms with Crippen molar-refractivity contribution >= 4 is 17.5 Å². The van der Waals surface area contributed by atoms with Crippen LogP contribution in [0.1, 0.15) is 62.0 Å². The Bertz CT molecular complexity index is 1500. The largest absolute Gasteiger partial charge is 0.393 e. The Balaban J connectivity index is 1.83. The van der Waals surface area contributed by atoms with Gasteiger partial charge in [-0.05, 0) is 73.2 Å². The summed E-state index contributed by atoms with van der Waals surface area (Å²) >= 11 is 0. The van der Waals surface area contributed by atoms with Gasteiger partial charge in [-0.25, -0.2) is 4.39 Å². The van der Waals surface area contributed by atoms with Gasteiger partial charge in [-0.15, -0.1) is 0 Å². The lowest BCUT2D eigenvalue weighted by atomic mass is 9.94. The molecule has 0 aliphatic rings. The van der Waals surface area contributed by atoms with Crippen LogP contribution in [-0.2, 0) is 11.3 Å². The van der Waals surface area contributed by atoms with Crippen LogP contribution in [0.2, 0.25) is 0 Å². The lowest BCUT2D eigenvalue weighted by Gasteiger charge is -2.20. The molecule has 0 spiro atoms. The molecule has 4 aromatic rings. The van der Waals surface area contributed by atoms with Gasteiger partial charge in [0.1, 0.15) is 5.82 Å². The maximum Gasteiger partial charge on any atom is 0.258 e. The quantitative estimate of drug-likeness (QED) is 0.147. The number of aliphatic hydroxyl groups is 2. The number of aliphatic hydroxyl groups excluding tert-OH is 2. The average molecular weight is 586 g/mol. The second-order valence-electron chi connectivity index (χ2n) is 11.0. The molecule has 4 N–H and O–H groups in total. The third-order valence-electron chi connectivity index (χ3n) is 7.31. The van der Waals surface area contributed by atoms with E-state index in [9.17, 15) is 24.2 Å². The third-order valence-corrected chi connectivity index (χ3v) is 7.31. The first-order valence-corrected chi connectivity index (χ1v) is 14.8. The van der Waals surface area contributed by atoms with Crippen molar-refractivity contribution < 1.29 is 24.2 Å². The van der Waals surface area contributed by atoms with E-state index in [1.54, 1.807) is 19.1 Å². The van der Waals surface area contributed by atoms with Crippen LogP contribution in [0.15, 0.2) is 84.9 Å². The van der Waals surface area contributed by atoms with Crippen molar-refractivity contribution in [2.24, 2.45) is 0 Å². The summed E-state index contributed by atoms with van der Waals surface area (Å²) in [6, 6.07) is 25.1. The standard InChI is InChI=1S/C35H40FN3O4/c1-4-37-30(42)22-29(41)21-28(40)19-20-39-33(23(2)3)32(35(43)38-27-13-9-6-10-14-27)31(24-11-7-5-8-12-24)34(39)25-15-17-26(36)18-16-25/h5-18,23,28-29,40-41H,4,19-22H2,1-3H3,(H,37,42)(H,38,43)/t28-,29-/m1/s1. The Morgan fingerprint density at radius 3 is 2.09 bits per heavy atom. The van der Waals surface area contributed by atoms with Crippen LogP contribution in [0.4, 0.5) is 10.1 Å². The fourth-order valence-corrected chi connectivity index (χ4v) is 5.48. The van der Waals surface area contributed by atoms with Crippen molar-refractivity contribution in [3.63, 3.8) is 0 Å². The van der Waals surface area contributed by atoms with E-state index >= 15 is 0 Å². The Hall–Kier alpha value is -4.27. The predicted octanol–water partition coefficient (Wildman–Crippen LogP) is 6.37. The first-order chi connectivity index (χ1) is 20.7. The summed E-state index contributed by atoms with van der Waals surface area (Å²) in [6.45, 7) is 6.63. The molecule has 0 saturated heterocycles. The number of amides is 2. The molecule has 4 rings (SSSR count). The minimum Gasteiger partial charge on any atom is -0.393 e. The third kappa shape index (κ3) is 7.97. The molecule has 1 aromatic heterocycles. The normalized spacial score (nSPS) is 12.6. The molecule has 0 saturated carbocycles.